The van der Waals surface area contributed by atoms with Crippen molar-refractivity contribution in [3.05, 3.63) is 11.9 Å². The zero-order chi connectivity index (χ0) is 19.7. The summed E-state index contributed by atoms with van der Waals surface area (Å²) in [6.07, 6.45) is 5.23. The van der Waals surface area contributed by atoms with E-state index < -0.39 is 5.97 Å². The topological polar surface area (TPSA) is 104 Å². The molecule has 5 heterocycles. The molecular formula is C19H30N6O3. The normalized spacial score (nSPS) is 30.5. The van der Waals surface area contributed by atoms with Crippen molar-refractivity contribution in [1.29, 1.82) is 0 Å². The van der Waals surface area contributed by atoms with Gasteiger partial charge in [0.05, 0.1) is 24.1 Å². The van der Waals surface area contributed by atoms with E-state index in [2.05, 4.69) is 20.5 Å². The highest BCUT2D eigenvalue weighted by Gasteiger charge is 2.45. The number of piperidine rings is 4. The lowest BCUT2D eigenvalue weighted by atomic mass is 9.74. The molecule has 2 unspecified atom stereocenters. The molecule has 9 nitrogen and oxygen atoms in total. The van der Waals surface area contributed by atoms with Gasteiger partial charge in [-0.15, -0.1) is 5.10 Å². The Morgan fingerprint density at radius 3 is 2.68 bits per heavy atom. The minimum atomic E-state index is -0.733. The lowest BCUT2D eigenvalue weighted by Crippen LogP contribution is -2.59. The molecule has 4 fully saturated rings. The number of nitrogens with zero attached hydrogens (tertiary/aromatic N) is 5. The number of rotatable bonds is 6. The van der Waals surface area contributed by atoms with Crippen LogP contribution < -0.4 is 5.32 Å². The van der Waals surface area contributed by atoms with E-state index in [-0.39, 0.29) is 17.7 Å². The van der Waals surface area contributed by atoms with E-state index in [1.54, 1.807) is 0 Å². The summed E-state index contributed by atoms with van der Waals surface area (Å²) in [5, 5.41) is 20.7. The molecule has 2 bridgehead atoms. The number of fused-ring (bicyclic) bond motifs is 3. The molecule has 0 aliphatic carbocycles. The molecule has 1 aromatic heterocycles. The molecule has 4 aliphatic rings. The summed E-state index contributed by atoms with van der Waals surface area (Å²) in [6, 6.07) is 0.407. The minimum Gasteiger partial charge on any atom is -0.481 e. The van der Waals surface area contributed by atoms with Crippen molar-refractivity contribution in [2.24, 2.45) is 17.8 Å². The molecule has 28 heavy (non-hydrogen) atoms. The van der Waals surface area contributed by atoms with Gasteiger partial charge in [0, 0.05) is 38.4 Å². The van der Waals surface area contributed by atoms with Crippen LogP contribution in [0.25, 0.3) is 0 Å². The van der Waals surface area contributed by atoms with Crippen molar-refractivity contribution in [2.75, 3.05) is 33.2 Å². The summed E-state index contributed by atoms with van der Waals surface area (Å²) in [5.74, 6) is -0.324. The molecular weight excluding hydrogens is 360 g/mol. The Hall–Kier alpha value is -2.00. The Morgan fingerprint density at radius 2 is 2.04 bits per heavy atom. The van der Waals surface area contributed by atoms with Crippen molar-refractivity contribution in [3.8, 4) is 0 Å². The minimum absolute atomic E-state index is 0.0574. The summed E-state index contributed by atoms with van der Waals surface area (Å²) >= 11 is 0. The second-order valence-corrected chi connectivity index (χ2v) is 8.44. The number of nitrogens with one attached hydrogen (secondary N) is 1. The number of carboxylic acids is 1. The van der Waals surface area contributed by atoms with Gasteiger partial charge in [0.2, 0.25) is 5.91 Å². The van der Waals surface area contributed by atoms with Crippen LogP contribution in [0.15, 0.2) is 6.20 Å². The molecule has 1 amide bonds. The van der Waals surface area contributed by atoms with Crippen LogP contribution in [0.3, 0.4) is 0 Å². The van der Waals surface area contributed by atoms with Crippen LogP contribution in [-0.4, -0.2) is 81.0 Å². The van der Waals surface area contributed by atoms with Crippen LogP contribution in [0, 0.1) is 17.8 Å². The molecule has 1 aromatic rings. The fourth-order valence-electron chi connectivity index (χ4n) is 5.10. The van der Waals surface area contributed by atoms with Crippen molar-refractivity contribution >= 4 is 11.9 Å². The van der Waals surface area contributed by atoms with Crippen LogP contribution >= 0.6 is 0 Å². The second kappa shape index (κ2) is 8.16. The number of hydrogen-bond acceptors (Lipinski definition) is 6. The predicted octanol–water partition coefficient (Wildman–Crippen LogP) is 0.0311. The van der Waals surface area contributed by atoms with Gasteiger partial charge < -0.3 is 15.3 Å². The van der Waals surface area contributed by atoms with E-state index in [1.165, 1.54) is 0 Å². The molecule has 0 saturated carbocycles. The molecule has 154 valence electrons. The Balaban J connectivity index is 1.33. The largest absolute Gasteiger partial charge is 0.481 e. The van der Waals surface area contributed by atoms with Crippen molar-refractivity contribution < 1.29 is 14.7 Å². The summed E-state index contributed by atoms with van der Waals surface area (Å²) < 4.78 is 1.92. The first kappa shape index (κ1) is 19.3. The van der Waals surface area contributed by atoms with E-state index in [0.29, 0.717) is 44.4 Å². The number of aliphatic carboxylic acids is 1. The molecule has 9 heteroatoms. The van der Waals surface area contributed by atoms with Gasteiger partial charge in [-0.3, -0.25) is 19.2 Å². The average molecular weight is 390 g/mol. The summed E-state index contributed by atoms with van der Waals surface area (Å²) in [4.78, 5) is 28.6. The van der Waals surface area contributed by atoms with E-state index in [9.17, 15) is 9.59 Å². The van der Waals surface area contributed by atoms with Gasteiger partial charge in [-0.1, -0.05) is 5.21 Å². The summed E-state index contributed by atoms with van der Waals surface area (Å²) in [5.41, 5.74) is 0.941. The third-order valence-corrected chi connectivity index (χ3v) is 6.69. The van der Waals surface area contributed by atoms with Gasteiger partial charge in [-0.2, -0.15) is 0 Å². The molecule has 0 spiro atoms. The lowest BCUT2D eigenvalue weighted by molar-refractivity contribution is -0.150. The maximum absolute atomic E-state index is 13.1. The quantitative estimate of drug-likeness (QED) is 0.706. The fourth-order valence-corrected chi connectivity index (χ4v) is 5.10. The molecule has 0 aromatic carbocycles. The number of hydrogen-bond donors (Lipinski definition) is 2. The van der Waals surface area contributed by atoms with Gasteiger partial charge in [0.25, 0.3) is 0 Å². The lowest BCUT2D eigenvalue weighted by Gasteiger charge is -2.50. The molecule has 5 rings (SSSR count). The van der Waals surface area contributed by atoms with E-state index >= 15 is 0 Å². The predicted molar refractivity (Wildman–Crippen MR) is 101 cm³/mol. The van der Waals surface area contributed by atoms with Crippen molar-refractivity contribution in [3.63, 3.8) is 0 Å². The number of amides is 1. The first-order chi connectivity index (χ1) is 13.5. The van der Waals surface area contributed by atoms with Crippen LogP contribution in [0.2, 0.25) is 0 Å². The molecule has 4 aliphatic heterocycles. The molecule has 2 N–H and O–H groups in total. The first-order valence-corrected chi connectivity index (χ1v) is 10.3. The number of carbonyl (C=O) groups excluding carboxylic acids is 1. The van der Waals surface area contributed by atoms with E-state index in [1.807, 2.05) is 22.8 Å². The molecule has 4 atom stereocenters. The van der Waals surface area contributed by atoms with Gasteiger partial charge in [0.1, 0.15) is 0 Å². The number of aromatic nitrogens is 3. The van der Waals surface area contributed by atoms with Crippen LogP contribution in [-0.2, 0) is 22.7 Å². The summed E-state index contributed by atoms with van der Waals surface area (Å²) in [6.45, 7) is 4.54. The Bertz CT molecular complexity index is 714. The van der Waals surface area contributed by atoms with Gasteiger partial charge in [-0.25, -0.2) is 0 Å². The highest BCUT2D eigenvalue weighted by molar-refractivity contribution is 5.80. The first-order valence-electron chi connectivity index (χ1n) is 10.3. The Kier molecular flexibility index (Phi) is 5.63. The van der Waals surface area contributed by atoms with Gasteiger partial charge in [-0.05, 0) is 45.2 Å². The zero-order valence-electron chi connectivity index (χ0n) is 16.5. The maximum atomic E-state index is 13.1. The fraction of sp³-hybridized carbons (Fsp3) is 0.789. The van der Waals surface area contributed by atoms with Crippen LogP contribution in [0.4, 0.5) is 0 Å². The number of carboxylic acid groups (broad SMARTS) is 1. The third kappa shape index (κ3) is 3.91. The molecule has 4 saturated heterocycles. The average Bonchev–Trinajstić information content (AvgIpc) is 3.15. The van der Waals surface area contributed by atoms with Crippen molar-refractivity contribution in [1.82, 2.24) is 30.1 Å². The monoisotopic (exact) mass is 390 g/mol. The highest BCUT2D eigenvalue weighted by atomic mass is 16.4. The smallest absolute Gasteiger partial charge is 0.306 e. The van der Waals surface area contributed by atoms with E-state index in [0.717, 1.165) is 38.2 Å². The van der Waals surface area contributed by atoms with Gasteiger partial charge >= 0.3 is 5.97 Å². The Labute approximate surface area is 165 Å². The standard InChI is InChI=1S/C19H30N6O3/c1-20-9-15-10-25(22-21-15)11-16-8-14-4-7-24(16)12-17(14)18(26)23-5-2-13(3-6-23)19(27)28/h10,13-14,16-17,20H,2-9,11-12H2,1H3,(H,27,28)/t14?,16-,17+/m1/s1. The molecule has 0 radical (unpaired) electrons. The van der Waals surface area contributed by atoms with Crippen molar-refractivity contribution in [2.45, 2.75) is 44.8 Å². The van der Waals surface area contributed by atoms with Crippen LogP contribution in [0.5, 0.6) is 0 Å². The SMILES string of the molecule is CNCc1cn(C[C@H]2CC3CCN2C[C@@H]3C(=O)N2CCC(C(=O)O)CC2)nn1. The summed E-state index contributed by atoms with van der Waals surface area (Å²) in [7, 11) is 1.89. The van der Waals surface area contributed by atoms with E-state index in [4.69, 9.17) is 5.11 Å². The number of carbonyl (C=O) groups is 2. The third-order valence-electron chi connectivity index (χ3n) is 6.69. The van der Waals surface area contributed by atoms with Crippen LogP contribution in [0.1, 0.15) is 31.4 Å². The highest BCUT2D eigenvalue weighted by Crippen LogP contribution is 2.38. The second-order valence-electron chi connectivity index (χ2n) is 8.44. The Morgan fingerprint density at radius 1 is 1.25 bits per heavy atom. The maximum Gasteiger partial charge on any atom is 0.306 e. The zero-order valence-corrected chi connectivity index (χ0v) is 16.5. The number of likely N-dealkylation sites (tertiary alicyclic amines) is 1. The van der Waals surface area contributed by atoms with Gasteiger partial charge in [0.15, 0.2) is 0 Å².